The molecular formula is C12H11Br2NOS. The Morgan fingerprint density at radius 3 is 2.65 bits per heavy atom. The van der Waals surface area contributed by atoms with Gasteiger partial charge >= 0.3 is 0 Å². The Kier molecular flexibility index (Phi) is 4.62. The van der Waals surface area contributed by atoms with Gasteiger partial charge in [0.2, 0.25) is 0 Å². The number of aromatic hydroxyl groups is 1. The van der Waals surface area contributed by atoms with Crippen LogP contribution in [0.25, 0.3) is 0 Å². The SMILES string of the molecule is Oc1c(Br)cccc1CNCc1sccc1Br. The molecule has 0 amide bonds. The zero-order valence-electron chi connectivity index (χ0n) is 8.91. The topological polar surface area (TPSA) is 32.3 Å². The summed E-state index contributed by atoms with van der Waals surface area (Å²) in [6.07, 6.45) is 0. The number of thiophene rings is 1. The first-order valence-electron chi connectivity index (χ1n) is 5.07. The molecule has 0 aliphatic rings. The average molecular weight is 377 g/mol. The number of benzene rings is 1. The number of hydrogen-bond donors (Lipinski definition) is 2. The van der Waals surface area contributed by atoms with E-state index in [0.717, 1.165) is 21.1 Å². The van der Waals surface area contributed by atoms with E-state index in [9.17, 15) is 5.11 Å². The molecule has 0 aliphatic heterocycles. The molecule has 0 bridgehead atoms. The molecule has 1 heterocycles. The van der Waals surface area contributed by atoms with Crippen LogP contribution in [0.2, 0.25) is 0 Å². The summed E-state index contributed by atoms with van der Waals surface area (Å²) in [5, 5.41) is 15.2. The van der Waals surface area contributed by atoms with E-state index in [1.54, 1.807) is 11.3 Å². The molecule has 90 valence electrons. The Bertz CT molecular complexity index is 513. The summed E-state index contributed by atoms with van der Waals surface area (Å²) in [6.45, 7) is 1.44. The van der Waals surface area contributed by atoms with Gasteiger partial charge in [0, 0.05) is 28.0 Å². The first kappa shape index (κ1) is 13.1. The average Bonchev–Trinajstić information content (AvgIpc) is 2.71. The molecule has 0 saturated carbocycles. The third-order valence-electron chi connectivity index (χ3n) is 2.36. The normalized spacial score (nSPS) is 10.7. The van der Waals surface area contributed by atoms with Crippen LogP contribution in [0, 0.1) is 0 Å². The molecule has 2 nitrogen and oxygen atoms in total. The first-order valence-corrected chi connectivity index (χ1v) is 7.54. The van der Waals surface area contributed by atoms with Crippen molar-refractivity contribution in [3.8, 4) is 5.75 Å². The lowest BCUT2D eigenvalue weighted by atomic mass is 10.2. The van der Waals surface area contributed by atoms with Crippen molar-refractivity contribution in [3.05, 3.63) is 49.0 Å². The quantitative estimate of drug-likeness (QED) is 0.835. The van der Waals surface area contributed by atoms with E-state index in [4.69, 9.17) is 0 Å². The van der Waals surface area contributed by atoms with E-state index in [1.807, 2.05) is 24.3 Å². The first-order chi connectivity index (χ1) is 8.18. The molecule has 1 aromatic carbocycles. The van der Waals surface area contributed by atoms with Crippen LogP contribution < -0.4 is 5.32 Å². The molecule has 0 spiro atoms. The number of halogens is 2. The Hall–Kier alpha value is -0.360. The third kappa shape index (κ3) is 3.31. The molecule has 2 N–H and O–H groups in total. The molecule has 0 aliphatic carbocycles. The molecule has 2 aromatic rings. The van der Waals surface area contributed by atoms with E-state index in [2.05, 4.69) is 42.6 Å². The Balaban J connectivity index is 1.95. The summed E-state index contributed by atoms with van der Waals surface area (Å²) in [5.41, 5.74) is 0.895. The molecule has 0 fully saturated rings. The van der Waals surface area contributed by atoms with Gasteiger partial charge in [-0.15, -0.1) is 11.3 Å². The molecule has 0 saturated heterocycles. The van der Waals surface area contributed by atoms with Gasteiger partial charge < -0.3 is 10.4 Å². The largest absolute Gasteiger partial charge is 0.506 e. The van der Waals surface area contributed by atoms with E-state index >= 15 is 0 Å². The van der Waals surface area contributed by atoms with Gasteiger partial charge in [-0.3, -0.25) is 0 Å². The Morgan fingerprint density at radius 1 is 1.12 bits per heavy atom. The molecule has 0 radical (unpaired) electrons. The summed E-state index contributed by atoms with van der Waals surface area (Å²) >= 11 is 8.51. The summed E-state index contributed by atoms with van der Waals surface area (Å²) in [6, 6.07) is 7.70. The van der Waals surface area contributed by atoms with Crippen LogP contribution in [-0.4, -0.2) is 5.11 Å². The fraction of sp³-hybridized carbons (Fsp3) is 0.167. The van der Waals surface area contributed by atoms with Crippen molar-refractivity contribution in [1.29, 1.82) is 0 Å². The smallest absolute Gasteiger partial charge is 0.134 e. The van der Waals surface area contributed by atoms with Crippen LogP contribution in [0.15, 0.2) is 38.6 Å². The van der Waals surface area contributed by atoms with Gasteiger partial charge in [-0.2, -0.15) is 0 Å². The Labute approximate surface area is 121 Å². The summed E-state index contributed by atoms with van der Waals surface area (Å²) in [4.78, 5) is 1.26. The van der Waals surface area contributed by atoms with E-state index < -0.39 is 0 Å². The van der Waals surface area contributed by atoms with Gasteiger partial charge in [-0.1, -0.05) is 12.1 Å². The monoisotopic (exact) mass is 375 g/mol. The minimum absolute atomic E-state index is 0.310. The zero-order valence-corrected chi connectivity index (χ0v) is 12.9. The van der Waals surface area contributed by atoms with Crippen LogP contribution in [0.3, 0.4) is 0 Å². The molecule has 1 aromatic heterocycles. The predicted octanol–water partition coefficient (Wildman–Crippen LogP) is 4.27. The van der Waals surface area contributed by atoms with Crippen LogP contribution in [0.4, 0.5) is 0 Å². The highest BCUT2D eigenvalue weighted by atomic mass is 79.9. The van der Waals surface area contributed by atoms with Gasteiger partial charge in [0.1, 0.15) is 5.75 Å². The molecule has 2 rings (SSSR count). The van der Waals surface area contributed by atoms with Crippen LogP contribution >= 0.6 is 43.2 Å². The van der Waals surface area contributed by atoms with Crippen molar-refractivity contribution in [2.24, 2.45) is 0 Å². The second kappa shape index (κ2) is 6.00. The summed E-state index contributed by atoms with van der Waals surface area (Å²) < 4.78 is 1.86. The maximum atomic E-state index is 9.82. The highest BCUT2D eigenvalue weighted by Crippen LogP contribution is 2.27. The van der Waals surface area contributed by atoms with Crippen LogP contribution in [-0.2, 0) is 13.1 Å². The fourth-order valence-electron chi connectivity index (χ4n) is 1.46. The third-order valence-corrected chi connectivity index (χ3v) is 4.93. The Morgan fingerprint density at radius 2 is 1.94 bits per heavy atom. The number of phenols is 1. The highest BCUT2D eigenvalue weighted by Gasteiger charge is 2.05. The summed E-state index contributed by atoms with van der Waals surface area (Å²) in [7, 11) is 0. The number of phenolic OH excluding ortho intramolecular Hbond substituents is 1. The second-order valence-corrected chi connectivity index (χ2v) is 6.25. The lowest BCUT2D eigenvalue weighted by Crippen LogP contribution is -2.12. The zero-order chi connectivity index (χ0) is 12.3. The molecule has 0 unspecified atom stereocenters. The van der Waals surface area contributed by atoms with Gasteiger partial charge in [-0.05, 0) is 49.4 Å². The number of hydrogen-bond acceptors (Lipinski definition) is 3. The summed E-state index contributed by atoms with van der Waals surface area (Å²) in [5.74, 6) is 0.310. The van der Waals surface area contributed by atoms with Crippen LogP contribution in [0.5, 0.6) is 5.75 Å². The maximum Gasteiger partial charge on any atom is 0.134 e. The van der Waals surface area contributed by atoms with Gasteiger partial charge in [-0.25, -0.2) is 0 Å². The van der Waals surface area contributed by atoms with Crippen LogP contribution in [0.1, 0.15) is 10.4 Å². The predicted molar refractivity (Wildman–Crippen MR) is 78.4 cm³/mol. The lowest BCUT2D eigenvalue weighted by molar-refractivity contribution is 0.461. The number of para-hydroxylation sites is 1. The molecule has 5 heteroatoms. The fourth-order valence-corrected chi connectivity index (χ4v) is 3.33. The van der Waals surface area contributed by atoms with Gasteiger partial charge in [0.25, 0.3) is 0 Å². The van der Waals surface area contributed by atoms with Crippen molar-refractivity contribution < 1.29 is 5.11 Å². The second-order valence-electron chi connectivity index (χ2n) is 3.54. The van der Waals surface area contributed by atoms with Gasteiger partial charge in [0.05, 0.1) is 4.47 Å². The van der Waals surface area contributed by atoms with Crippen molar-refractivity contribution in [1.82, 2.24) is 5.32 Å². The standard InChI is InChI=1S/C12H11Br2NOS/c13-9-4-5-17-11(9)7-15-6-8-2-1-3-10(14)12(8)16/h1-5,15-16H,6-7H2. The maximum absolute atomic E-state index is 9.82. The minimum atomic E-state index is 0.310. The van der Waals surface area contributed by atoms with Gasteiger partial charge in [0.15, 0.2) is 0 Å². The lowest BCUT2D eigenvalue weighted by Gasteiger charge is -2.07. The van der Waals surface area contributed by atoms with Crippen molar-refractivity contribution >= 4 is 43.2 Å². The van der Waals surface area contributed by atoms with Crippen molar-refractivity contribution in [2.75, 3.05) is 0 Å². The minimum Gasteiger partial charge on any atom is -0.506 e. The number of nitrogens with one attached hydrogen (secondary N) is 1. The van der Waals surface area contributed by atoms with Crippen molar-refractivity contribution in [2.45, 2.75) is 13.1 Å². The highest BCUT2D eigenvalue weighted by molar-refractivity contribution is 9.10. The molecular weight excluding hydrogens is 366 g/mol. The number of rotatable bonds is 4. The van der Waals surface area contributed by atoms with E-state index in [0.29, 0.717) is 12.3 Å². The molecule has 17 heavy (non-hydrogen) atoms. The molecule has 0 atom stereocenters. The van der Waals surface area contributed by atoms with E-state index in [-0.39, 0.29) is 0 Å². The van der Waals surface area contributed by atoms with E-state index in [1.165, 1.54) is 4.88 Å². The van der Waals surface area contributed by atoms with Crippen molar-refractivity contribution in [3.63, 3.8) is 0 Å².